The van der Waals surface area contributed by atoms with Gasteiger partial charge < -0.3 is 5.32 Å². The van der Waals surface area contributed by atoms with Gasteiger partial charge in [-0.3, -0.25) is 14.3 Å². The van der Waals surface area contributed by atoms with Gasteiger partial charge >= 0.3 is 0 Å². The van der Waals surface area contributed by atoms with Gasteiger partial charge in [-0.05, 0) is 49.7 Å². The van der Waals surface area contributed by atoms with Gasteiger partial charge in [-0.25, -0.2) is 8.42 Å². The lowest BCUT2D eigenvalue weighted by atomic mass is 10.1. The molecule has 0 fully saturated rings. The number of unbranched alkanes of at least 4 members (excludes halogenated alkanes) is 1. The predicted octanol–water partition coefficient (Wildman–Crippen LogP) is 3.22. The van der Waals surface area contributed by atoms with E-state index < -0.39 is 10.0 Å². The Morgan fingerprint density at radius 2 is 1.69 bits per heavy atom. The topological polar surface area (TPSA) is 92.3 Å². The molecule has 0 atom stereocenters. The second-order valence-corrected chi connectivity index (χ2v) is 7.56. The van der Waals surface area contributed by atoms with E-state index in [9.17, 15) is 18.0 Å². The number of carbonyl (C=O) groups excluding carboxylic acids is 2. The lowest BCUT2D eigenvalue weighted by Crippen LogP contribution is -2.24. The minimum Gasteiger partial charge on any atom is -0.352 e. The first kappa shape index (κ1) is 19.7. The fourth-order valence-corrected chi connectivity index (χ4v) is 3.33. The summed E-state index contributed by atoms with van der Waals surface area (Å²) < 4.78 is 27.4. The molecule has 2 rings (SSSR count). The van der Waals surface area contributed by atoms with E-state index in [4.69, 9.17) is 0 Å². The molecule has 138 valence electrons. The molecule has 26 heavy (non-hydrogen) atoms. The number of nitrogens with one attached hydrogen (secondary N) is 2. The smallest absolute Gasteiger partial charge is 0.261 e. The minimum absolute atomic E-state index is 0.0378. The van der Waals surface area contributed by atoms with Crippen LogP contribution in [-0.4, -0.2) is 26.7 Å². The van der Waals surface area contributed by atoms with Crippen LogP contribution in [0.1, 0.15) is 47.4 Å². The van der Waals surface area contributed by atoms with Crippen LogP contribution in [0.4, 0.5) is 5.69 Å². The third-order valence-corrected chi connectivity index (χ3v) is 5.16. The van der Waals surface area contributed by atoms with Gasteiger partial charge in [0.25, 0.3) is 15.9 Å². The first-order chi connectivity index (χ1) is 12.3. The summed E-state index contributed by atoms with van der Waals surface area (Å²) in [5.74, 6) is -0.381. The van der Waals surface area contributed by atoms with Gasteiger partial charge in [0.05, 0.1) is 4.90 Å². The van der Waals surface area contributed by atoms with Gasteiger partial charge in [0.15, 0.2) is 5.78 Å². The summed E-state index contributed by atoms with van der Waals surface area (Å²) >= 11 is 0. The van der Waals surface area contributed by atoms with Crippen molar-refractivity contribution in [3.05, 3.63) is 59.7 Å². The molecule has 0 heterocycles. The Balaban J connectivity index is 2.13. The van der Waals surface area contributed by atoms with Crippen LogP contribution in [0.2, 0.25) is 0 Å². The third-order valence-electron chi connectivity index (χ3n) is 3.76. The van der Waals surface area contributed by atoms with Crippen molar-refractivity contribution in [2.45, 2.75) is 31.6 Å². The zero-order valence-electron chi connectivity index (χ0n) is 14.8. The van der Waals surface area contributed by atoms with Crippen LogP contribution in [0.5, 0.6) is 0 Å². The molecular formula is C19H22N2O4S. The van der Waals surface area contributed by atoms with Crippen molar-refractivity contribution < 1.29 is 18.0 Å². The van der Waals surface area contributed by atoms with Gasteiger partial charge in [0.1, 0.15) is 0 Å². The van der Waals surface area contributed by atoms with Gasteiger partial charge in [-0.2, -0.15) is 0 Å². The van der Waals surface area contributed by atoms with Crippen molar-refractivity contribution in [3.63, 3.8) is 0 Å². The van der Waals surface area contributed by atoms with Gasteiger partial charge in [0, 0.05) is 23.4 Å². The molecule has 0 unspecified atom stereocenters. The number of benzene rings is 2. The van der Waals surface area contributed by atoms with E-state index in [0.29, 0.717) is 23.4 Å². The highest BCUT2D eigenvalue weighted by atomic mass is 32.2. The molecule has 0 spiro atoms. The van der Waals surface area contributed by atoms with E-state index in [1.54, 1.807) is 18.2 Å². The molecule has 2 aromatic carbocycles. The van der Waals surface area contributed by atoms with Crippen molar-refractivity contribution in [2.24, 2.45) is 0 Å². The molecule has 0 aliphatic rings. The van der Waals surface area contributed by atoms with E-state index in [1.165, 1.54) is 37.3 Å². The average molecular weight is 374 g/mol. The number of sulfonamides is 1. The van der Waals surface area contributed by atoms with Crippen LogP contribution in [-0.2, 0) is 10.0 Å². The highest BCUT2D eigenvalue weighted by Gasteiger charge is 2.15. The van der Waals surface area contributed by atoms with Crippen molar-refractivity contribution in [1.29, 1.82) is 0 Å². The number of rotatable bonds is 8. The summed E-state index contributed by atoms with van der Waals surface area (Å²) in [6, 6.07) is 12.0. The lowest BCUT2D eigenvalue weighted by Gasteiger charge is -2.10. The average Bonchev–Trinajstić information content (AvgIpc) is 2.62. The highest BCUT2D eigenvalue weighted by molar-refractivity contribution is 7.92. The van der Waals surface area contributed by atoms with Crippen LogP contribution in [0.15, 0.2) is 53.4 Å². The molecule has 2 N–H and O–H groups in total. The number of ketones is 1. The maximum Gasteiger partial charge on any atom is 0.261 e. The largest absolute Gasteiger partial charge is 0.352 e. The van der Waals surface area contributed by atoms with E-state index in [0.717, 1.165) is 12.8 Å². The molecule has 0 aromatic heterocycles. The summed E-state index contributed by atoms with van der Waals surface area (Å²) in [4.78, 5) is 23.4. The monoisotopic (exact) mass is 374 g/mol. The van der Waals surface area contributed by atoms with Crippen LogP contribution in [0.3, 0.4) is 0 Å². The Kier molecular flexibility index (Phi) is 6.52. The first-order valence-electron chi connectivity index (χ1n) is 8.35. The Bertz CT molecular complexity index is 890. The Labute approximate surface area is 153 Å². The molecule has 0 aliphatic carbocycles. The fourth-order valence-electron chi connectivity index (χ4n) is 2.28. The quantitative estimate of drug-likeness (QED) is 0.548. The standard InChI is InChI=1S/C19H22N2O4S/c1-3-4-12-20-19(23)15-8-10-18(11-9-15)26(24,25)21-17-7-5-6-16(13-17)14(2)22/h5-11,13,21H,3-4,12H2,1-2H3,(H,20,23). The maximum atomic E-state index is 12.5. The number of hydrogen-bond donors (Lipinski definition) is 2. The molecule has 0 bridgehead atoms. The molecule has 1 amide bonds. The lowest BCUT2D eigenvalue weighted by molar-refractivity contribution is 0.0952. The van der Waals surface area contributed by atoms with Gasteiger partial charge in [-0.1, -0.05) is 25.5 Å². The molecule has 0 radical (unpaired) electrons. The van der Waals surface area contributed by atoms with Crippen molar-refractivity contribution in [1.82, 2.24) is 5.32 Å². The zero-order chi connectivity index (χ0) is 19.2. The summed E-state index contributed by atoms with van der Waals surface area (Å²) in [6.45, 7) is 4.03. The second kappa shape index (κ2) is 8.62. The van der Waals surface area contributed by atoms with E-state index in [2.05, 4.69) is 10.0 Å². The number of anilines is 1. The summed E-state index contributed by atoms with van der Waals surface area (Å²) in [7, 11) is -3.81. The molecule has 0 saturated carbocycles. The second-order valence-electron chi connectivity index (χ2n) is 5.88. The molecule has 2 aromatic rings. The summed E-state index contributed by atoms with van der Waals surface area (Å²) in [5.41, 5.74) is 1.13. The minimum atomic E-state index is -3.81. The summed E-state index contributed by atoms with van der Waals surface area (Å²) in [5, 5.41) is 2.78. The van der Waals surface area contributed by atoms with Crippen LogP contribution in [0.25, 0.3) is 0 Å². The van der Waals surface area contributed by atoms with Crippen molar-refractivity contribution in [2.75, 3.05) is 11.3 Å². The molecule has 0 aliphatic heterocycles. The number of carbonyl (C=O) groups is 2. The number of amides is 1. The Hall–Kier alpha value is -2.67. The van der Waals surface area contributed by atoms with Crippen molar-refractivity contribution in [3.8, 4) is 0 Å². The molecular weight excluding hydrogens is 352 g/mol. The van der Waals surface area contributed by atoms with E-state index >= 15 is 0 Å². The van der Waals surface area contributed by atoms with Crippen LogP contribution in [0, 0.1) is 0 Å². The number of hydrogen-bond acceptors (Lipinski definition) is 4. The highest BCUT2D eigenvalue weighted by Crippen LogP contribution is 2.18. The molecule has 0 saturated heterocycles. The van der Waals surface area contributed by atoms with Crippen molar-refractivity contribution >= 4 is 27.4 Å². The SMILES string of the molecule is CCCCNC(=O)c1ccc(S(=O)(=O)Nc2cccc(C(C)=O)c2)cc1. The predicted molar refractivity (Wildman–Crippen MR) is 101 cm³/mol. The van der Waals surface area contributed by atoms with Crippen LogP contribution >= 0.6 is 0 Å². The van der Waals surface area contributed by atoms with E-state index in [-0.39, 0.29) is 16.6 Å². The van der Waals surface area contributed by atoms with Crippen LogP contribution < -0.4 is 10.0 Å². The Morgan fingerprint density at radius 3 is 2.31 bits per heavy atom. The zero-order valence-corrected chi connectivity index (χ0v) is 15.6. The third kappa shape index (κ3) is 5.16. The first-order valence-corrected chi connectivity index (χ1v) is 9.84. The fraction of sp³-hybridized carbons (Fsp3) is 0.263. The molecule has 7 heteroatoms. The van der Waals surface area contributed by atoms with Gasteiger partial charge in [-0.15, -0.1) is 0 Å². The van der Waals surface area contributed by atoms with E-state index in [1.807, 2.05) is 6.92 Å². The Morgan fingerprint density at radius 1 is 1.00 bits per heavy atom. The summed E-state index contributed by atoms with van der Waals surface area (Å²) in [6.07, 6.45) is 1.87. The molecule has 6 nitrogen and oxygen atoms in total. The number of Topliss-reactive ketones (excluding diaryl/α,β-unsaturated/α-hetero) is 1. The normalized spacial score (nSPS) is 11.0. The van der Waals surface area contributed by atoms with Gasteiger partial charge in [0.2, 0.25) is 0 Å². The maximum absolute atomic E-state index is 12.5.